The molecule has 0 aromatic carbocycles. The third-order valence-corrected chi connectivity index (χ3v) is 3.90. The van der Waals surface area contributed by atoms with Crippen molar-refractivity contribution >= 4 is 0 Å². The fourth-order valence-electron chi connectivity index (χ4n) is 2.50. The summed E-state index contributed by atoms with van der Waals surface area (Å²) >= 11 is 0. The summed E-state index contributed by atoms with van der Waals surface area (Å²) in [6.45, 7) is 12.1. The summed E-state index contributed by atoms with van der Waals surface area (Å²) in [6, 6.07) is 0. The lowest BCUT2D eigenvalue weighted by Gasteiger charge is -2.18. The molecule has 3 unspecified atom stereocenters. The molecule has 0 saturated carbocycles. The molecule has 0 fully saturated rings. The highest BCUT2D eigenvalue weighted by atomic mass is 16.6. The second kappa shape index (κ2) is 19.5. The van der Waals surface area contributed by atoms with Crippen molar-refractivity contribution in [1.29, 1.82) is 0 Å². The van der Waals surface area contributed by atoms with Crippen LogP contribution >= 0.6 is 0 Å². The number of rotatable bonds is 20. The molecule has 6 nitrogen and oxygen atoms in total. The highest BCUT2D eigenvalue weighted by Gasteiger charge is 2.08. The molecule has 3 atom stereocenters. The minimum absolute atomic E-state index is 0.0169. The molecule has 0 rings (SSSR count). The van der Waals surface area contributed by atoms with Gasteiger partial charge >= 0.3 is 0 Å². The molecule has 0 aliphatic heterocycles. The summed E-state index contributed by atoms with van der Waals surface area (Å²) in [5.41, 5.74) is 0. The van der Waals surface area contributed by atoms with E-state index in [0.29, 0.717) is 52.4 Å². The minimum atomic E-state index is -0.0169. The predicted molar refractivity (Wildman–Crippen MR) is 104 cm³/mol. The minimum Gasteiger partial charge on any atom is -0.394 e. The Kier molecular flexibility index (Phi) is 19.3. The van der Waals surface area contributed by atoms with Gasteiger partial charge in [0.25, 0.3) is 0 Å². The van der Waals surface area contributed by atoms with Crippen molar-refractivity contribution in [2.45, 2.75) is 78.1 Å². The molecule has 0 aliphatic carbocycles. The lowest BCUT2D eigenvalue weighted by molar-refractivity contribution is -0.0616. The highest BCUT2D eigenvalue weighted by Crippen LogP contribution is 2.10. The number of hydrogen-bond acceptors (Lipinski definition) is 6. The Labute approximate surface area is 160 Å². The van der Waals surface area contributed by atoms with Crippen LogP contribution < -0.4 is 0 Å². The Balaban J connectivity index is 3.49. The van der Waals surface area contributed by atoms with E-state index in [-0.39, 0.29) is 18.8 Å². The van der Waals surface area contributed by atoms with Crippen molar-refractivity contribution in [2.75, 3.05) is 52.9 Å². The SMILES string of the molecule is CCCCC(CCC)OCCOCC(C)OCCOCC(C)OCCO. The molecular formula is C20H42O6. The topological polar surface area (TPSA) is 66.4 Å². The molecule has 0 spiro atoms. The predicted octanol–water partition coefficient (Wildman–Crippen LogP) is 3.20. The van der Waals surface area contributed by atoms with Crippen molar-refractivity contribution in [1.82, 2.24) is 0 Å². The van der Waals surface area contributed by atoms with E-state index in [4.69, 9.17) is 28.8 Å². The molecule has 0 amide bonds. The van der Waals surface area contributed by atoms with Crippen LogP contribution in [0, 0.1) is 0 Å². The molecule has 6 heteroatoms. The molecule has 0 aromatic rings. The molecule has 26 heavy (non-hydrogen) atoms. The summed E-state index contributed by atoms with van der Waals surface area (Å²) in [5.74, 6) is 0. The third-order valence-electron chi connectivity index (χ3n) is 3.90. The van der Waals surface area contributed by atoms with Gasteiger partial charge in [-0.25, -0.2) is 0 Å². The van der Waals surface area contributed by atoms with Gasteiger partial charge in [0.1, 0.15) is 0 Å². The summed E-state index contributed by atoms with van der Waals surface area (Å²) in [4.78, 5) is 0. The molecule has 1 N–H and O–H groups in total. The van der Waals surface area contributed by atoms with Gasteiger partial charge in [-0.05, 0) is 26.7 Å². The Morgan fingerprint density at radius 2 is 1.27 bits per heavy atom. The number of ether oxygens (including phenoxy) is 5. The fourth-order valence-corrected chi connectivity index (χ4v) is 2.50. The Hall–Kier alpha value is -0.240. The van der Waals surface area contributed by atoms with Crippen LogP contribution in [0.25, 0.3) is 0 Å². The van der Waals surface area contributed by atoms with E-state index < -0.39 is 0 Å². The Morgan fingerprint density at radius 3 is 1.81 bits per heavy atom. The maximum atomic E-state index is 8.67. The average Bonchev–Trinajstić information content (AvgIpc) is 2.63. The van der Waals surface area contributed by atoms with Gasteiger partial charge in [-0.1, -0.05) is 33.1 Å². The molecule has 0 saturated heterocycles. The van der Waals surface area contributed by atoms with Crippen LogP contribution in [0.5, 0.6) is 0 Å². The molecule has 0 aliphatic rings. The fraction of sp³-hybridized carbons (Fsp3) is 1.00. The zero-order valence-corrected chi connectivity index (χ0v) is 17.4. The van der Waals surface area contributed by atoms with Gasteiger partial charge < -0.3 is 28.8 Å². The zero-order chi connectivity index (χ0) is 19.5. The van der Waals surface area contributed by atoms with Crippen LogP contribution in [-0.4, -0.2) is 76.3 Å². The number of unbranched alkanes of at least 4 members (excludes halogenated alkanes) is 1. The summed E-state index contributed by atoms with van der Waals surface area (Å²) in [5, 5.41) is 8.67. The number of hydrogen-bond donors (Lipinski definition) is 1. The van der Waals surface area contributed by atoms with E-state index in [9.17, 15) is 0 Å². The van der Waals surface area contributed by atoms with Gasteiger partial charge in [0.15, 0.2) is 0 Å². The molecule has 0 aromatic heterocycles. The molecular weight excluding hydrogens is 336 g/mol. The Morgan fingerprint density at radius 1 is 0.692 bits per heavy atom. The van der Waals surface area contributed by atoms with Gasteiger partial charge in [-0.3, -0.25) is 0 Å². The molecule has 0 radical (unpaired) electrons. The maximum Gasteiger partial charge on any atom is 0.0781 e. The largest absolute Gasteiger partial charge is 0.394 e. The van der Waals surface area contributed by atoms with Crippen LogP contribution in [0.1, 0.15) is 59.8 Å². The second-order valence-electron chi connectivity index (χ2n) is 6.66. The van der Waals surface area contributed by atoms with Gasteiger partial charge in [0.05, 0.1) is 71.2 Å². The van der Waals surface area contributed by atoms with E-state index >= 15 is 0 Å². The van der Waals surface area contributed by atoms with Crippen LogP contribution in [0.3, 0.4) is 0 Å². The van der Waals surface area contributed by atoms with Crippen molar-refractivity contribution in [2.24, 2.45) is 0 Å². The van der Waals surface area contributed by atoms with Crippen LogP contribution in [-0.2, 0) is 23.7 Å². The van der Waals surface area contributed by atoms with E-state index in [0.717, 1.165) is 19.3 Å². The van der Waals surface area contributed by atoms with Crippen LogP contribution in [0.15, 0.2) is 0 Å². The standard InChI is InChI=1S/C20H42O6/c1-5-7-9-20(8-6-2)26-15-13-23-17-19(4)25-14-12-22-16-18(3)24-11-10-21/h18-21H,5-17H2,1-4H3. The lowest BCUT2D eigenvalue weighted by Crippen LogP contribution is -2.23. The number of aliphatic hydroxyl groups excluding tert-OH is 1. The first kappa shape index (κ1) is 25.8. The lowest BCUT2D eigenvalue weighted by atomic mass is 10.1. The Bertz CT molecular complexity index is 277. The monoisotopic (exact) mass is 378 g/mol. The summed E-state index contributed by atoms with van der Waals surface area (Å²) < 4.78 is 28.0. The van der Waals surface area contributed by atoms with E-state index in [1.807, 2.05) is 13.8 Å². The third kappa shape index (κ3) is 17.2. The van der Waals surface area contributed by atoms with Gasteiger partial charge in [0, 0.05) is 0 Å². The van der Waals surface area contributed by atoms with Crippen molar-refractivity contribution < 1.29 is 28.8 Å². The van der Waals surface area contributed by atoms with Crippen LogP contribution in [0.4, 0.5) is 0 Å². The zero-order valence-electron chi connectivity index (χ0n) is 17.4. The van der Waals surface area contributed by atoms with Crippen molar-refractivity contribution in [3.8, 4) is 0 Å². The van der Waals surface area contributed by atoms with Gasteiger partial charge in [-0.2, -0.15) is 0 Å². The first-order valence-corrected chi connectivity index (χ1v) is 10.2. The number of aliphatic hydroxyl groups is 1. The maximum absolute atomic E-state index is 8.67. The molecule has 0 heterocycles. The summed E-state index contributed by atoms with van der Waals surface area (Å²) in [6.07, 6.45) is 6.27. The van der Waals surface area contributed by atoms with Crippen molar-refractivity contribution in [3.63, 3.8) is 0 Å². The highest BCUT2D eigenvalue weighted by molar-refractivity contribution is 4.57. The van der Waals surface area contributed by atoms with Crippen LogP contribution in [0.2, 0.25) is 0 Å². The van der Waals surface area contributed by atoms with E-state index in [2.05, 4.69) is 13.8 Å². The average molecular weight is 379 g/mol. The smallest absolute Gasteiger partial charge is 0.0781 e. The van der Waals surface area contributed by atoms with Crippen molar-refractivity contribution in [3.05, 3.63) is 0 Å². The summed E-state index contributed by atoms with van der Waals surface area (Å²) in [7, 11) is 0. The van der Waals surface area contributed by atoms with E-state index in [1.165, 1.54) is 12.8 Å². The molecule has 0 bridgehead atoms. The molecule has 158 valence electrons. The quantitative estimate of drug-likeness (QED) is 0.328. The first-order valence-electron chi connectivity index (χ1n) is 10.2. The van der Waals surface area contributed by atoms with E-state index in [1.54, 1.807) is 0 Å². The van der Waals surface area contributed by atoms with Gasteiger partial charge in [-0.15, -0.1) is 0 Å². The first-order chi connectivity index (χ1) is 12.6. The normalized spacial score (nSPS) is 15.1. The second-order valence-corrected chi connectivity index (χ2v) is 6.66. The van der Waals surface area contributed by atoms with Gasteiger partial charge in [0.2, 0.25) is 0 Å².